The number of unbranched alkanes of at least 4 members (excludes halogenated alkanes) is 5. The molecule has 48 heavy (non-hydrogen) atoms. The maximum absolute atomic E-state index is 13.3. The number of aryl methyl sites for hydroxylation is 1. The Morgan fingerprint density at radius 1 is 0.646 bits per heavy atom. The van der Waals surface area contributed by atoms with Gasteiger partial charge in [0.2, 0.25) is 0 Å². The van der Waals surface area contributed by atoms with E-state index < -0.39 is 11.9 Å². The zero-order chi connectivity index (χ0) is 33.6. The minimum absolute atomic E-state index is 0.0175. The van der Waals surface area contributed by atoms with Gasteiger partial charge in [-0.15, -0.1) is 0 Å². The van der Waals surface area contributed by atoms with Gasteiger partial charge in [-0.1, -0.05) is 112 Å². The Morgan fingerprint density at radius 3 is 1.94 bits per heavy atom. The second kappa shape index (κ2) is 17.7. The van der Waals surface area contributed by atoms with Crippen molar-refractivity contribution in [2.24, 2.45) is 0 Å². The molecule has 0 aliphatic carbocycles. The summed E-state index contributed by atoms with van der Waals surface area (Å²) in [6.45, 7) is 2.31. The predicted octanol–water partition coefficient (Wildman–Crippen LogP) is 8.91. The first-order valence-electron chi connectivity index (χ1n) is 16.8. The highest BCUT2D eigenvalue weighted by Gasteiger charge is 2.20. The first kappa shape index (κ1) is 34.2. The Kier molecular flexibility index (Phi) is 12.6. The van der Waals surface area contributed by atoms with Crippen molar-refractivity contribution in [3.63, 3.8) is 0 Å². The molecule has 248 valence electrons. The van der Waals surface area contributed by atoms with E-state index in [1.807, 2.05) is 72.8 Å². The molecule has 7 nitrogen and oxygen atoms in total. The van der Waals surface area contributed by atoms with Gasteiger partial charge in [0.15, 0.2) is 5.78 Å². The topological polar surface area (TPSA) is 83.8 Å². The van der Waals surface area contributed by atoms with E-state index >= 15 is 0 Å². The number of hydrogen-bond acceptors (Lipinski definition) is 6. The van der Waals surface area contributed by atoms with Gasteiger partial charge in [0.25, 0.3) is 0 Å². The summed E-state index contributed by atoms with van der Waals surface area (Å²) in [5, 5.41) is 0.497. The predicted molar refractivity (Wildman–Crippen MR) is 187 cm³/mol. The number of nitrogens with zero attached hydrogens (tertiary/aromatic N) is 1. The van der Waals surface area contributed by atoms with Gasteiger partial charge in [-0.2, -0.15) is 0 Å². The fourth-order valence-corrected chi connectivity index (χ4v) is 5.59. The molecule has 0 amide bonds. The monoisotopic (exact) mass is 645 g/mol. The number of benzene rings is 4. The summed E-state index contributed by atoms with van der Waals surface area (Å²) in [6.07, 6.45) is 10.2. The second-order valence-corrected chi connectivity index (χ2v) is 12.0. The summed E-state index contributed by atoms with van der Waals surface area (Å²) >= 11 is 0. The van der Waals surface area contributed by atoms with Crippen LogP contribution in [0.15, 0.2) is 109 Å². The fraction of sp³-hybridized carbons (Fsp3) is 0.293. The van der Waals surface area contributed by atoms with Crippen molar-refractivity contribution in [2.45, 2.75) is 71.6 Å². The van der Waals surface area contributed by atoms with Crippen molar-refractivity contribution in [3.05, 3.63) is 137 Å². The van der Waals surface area contributed by atoms with Crippen LogP contribution in [0.2, 0.25) is 0 Å². The zero-order valence-corrected chi connectivity index (χ0v) is 27.6. The third-order valence-electron chi connectivity index (χ3n) is 8.25. The highest BCUT2D eigenvalue weighted by molar-refractivity contribution is 6.07. The Morgan fingerprint density at radius 2 is 1.27 bits per heavy atom. The molecule has 0 unspecified atom stereocenters. The molecular weight excluding hydrogens is 602 g/mol. The Bertz CT molecular complexity index is 1780. The van der Waals surface area contributed by atoms with Crippen LogP contribution in [0, 0.1) is 0 Å². The molecule has 1 aromatic heterocycles. The Balaban J connectivity index is 1.24. The van der Waals surface area contributed by atoms with Crippen LogP contribution in [0.25, 0.3) is 10.9 Å². The molecule has 7 heteroatoms. The van der Waals surface area contributed by atoms with Crippen molar-refractivity contribution < 1.29 is 28.6 Å². The molecule has 0 saturated carbocycles. The van der Waals surface area contributed by atoms with Gasteiger partial charge in [-0.05, 0) is 59.9 Å². The van der Waals surface area contributed by atoms with Crippen LogP contribution >= 0.6 is 0 Å². The molecule has 4 aromatic carbocycles. The Hall–Kier alpha value is -5.17. The maximum atomic E-state index is 13.3. The minimum atomic E-state index is -0.554. The average molecular weight is 646 g/mol. The van der Waals surface area contributed by atoms with E-state index in [0.717, 1.165) is 17.5 Å². The van der Waals surface area contributed by atoms with Gasteiger partial charge in [-0.3, -0.25) is 4.79 Å². The molecule has 0 atom stereocenters. The first-order valence-corrected chi connectivity index (χ1v) is 16.8. The van der Waals surface area contributed by atoms with Crippen LogP contribution < -0.4 is 4.74 Å². The van der Waals surface area contributed by atoms with E-state index in [4.69, 9.17) is 14.2 Å². The number of esters is 2. The molecule has 0 N–H and O–H groups in total. The maximum Gasteiger partial charge on any atom is 0.340 e. The number of Topliss-reactive ketones (excluding diaryl/α,β-unsaturated/α-hetero) is 1. The molecule has 1 heterocycles. The van der Waals surface area contributed by atoms with Crippen molar-refractivity contribution in [3.8, 4) is 5.75 Å². The lowest BCUT2D eigenvalue weighted by atomic mass is 10.0. The smallest absolute Gasteiger partial charge is 0.340 e. The van der Waals surface area contributed by atoms with Gasteiger partial charge in [0.1, 0.15) is 25.6 Å². The van der Waals surface area contributed by atoms with Crippen molar-refractivity contribution in [2.75, 3.05) is 6.61 Å². The van der Waals surface area contributed by atoms with Gasteiger partial charge in [0, 0.05) is 17.1 Å². The van der Waals surface area contributed by atoms with Crippen LogP contribution in [-0.2, 0) is 40.4 Å². The third-order valence-corrected chi connectivity index (χ3v) is 8.25. The van der Waals surface area contributed by atoms with Gasteiger partial charge in [-0.25, -0.2) is 9.59 Å². The average Bonchev–Trinajstić information content (AvgIpc) is 3.48. The second-order valence-electron chi connectivity index (χ2n) is 12.0. The molecule has 0 fully saturated rings. The van der Waals surface area contributed by atoms with E-state index in [9.17, 15) is 14.4 Å². The number of ketones is 1. The molecule has 5 aromatic rings. The van der Waals surface area contributed by atoms with E-state index in [1.165, 1.54) is 44.1 Å². The quantitative estimate of drug-likeness (QED) is 0.0699. The van der Waals surface area contributed by atoms with Crippen molar-refractivity contribution >= 4 is 28.6 Å². The Labute approximate surface area is 282 Å². The zero-order valence-electron chi connectivity index (χ0n) is 27.6. The summed E-state index contributed by atoms with van der Waals surface area (Å²) in [4.78, 5) is 39.4. The fourth-order valence-electron chi connectivity index (χ4n) is 5.59. The SMILES string of the molecule is CCCCCCCCc1ccc(OCC(=O)Cn2cc(C(=O)OCc3ccccc3)c3cc(C(=O)OCc4ccccc4)ccc32)cc1. The molecule has 0 aliphatic rings. The number of fused-ring (bicyclic) bond motifs is 1. The van der Waals surface area contributed by atoms with Gasteiger partial charge in [0.05, 0.1) is 17.7 Å². The van der Waals surface area contributed by atoms with Crippen LogP contribution in [0.4, 0.5) is 0 Å². The van der Waals surface area contributed by atoms with E-state index in [1.54, 1.807) is 29.0 Å². The molecule has 0 aliphatic heterocycles. The van der Waals surface area contributed by atoms with Crippen LogP contribution in [0.3, 0.4) is 0 Å². The van der Waals surface area contributed by atoms with Crippen LogP contribution in [0.1, 0.15) is 82.9 Å². The molecule has 0 saturated heterocycles. The standard InChI is InChI=1S/C41H43NO6/c1-2-3-4-5-6-9-14-31-19-22-36(23-20-31)46-30-35(43)26-42-27-38(41(45)48-29-33-17-12-8-13-18-33)37-25-34(21-24-39(37)42)40(44)47-28-32-15-10-7-11-16-32/h7-8,10-13,15-25,27H,2-6,9,14,26,28-30H2,1H3. The largest absolute Gasteiger partial charge is 0.486 e. The van der Waals surface area contributed by atoms with E-state index in [0.29, 0.717) is 22.2 Å². The molecular formula is C41H43NO6. The first-order chi connectivity index (χ1) is 23.5. The number of carbonyl (C=O) groups excluding carboxylic acids is 3. The normalized spacial score (nSPS) is 10.9. The lowest BCUT2D eigenvalue weighted by Crippen LogP contribution is -2.17. The third kappa shape index (κ3) is 9.91. The van der Waals surface area contributed by atoms with Gasteiger partial charge < -0.3 is 18.8 Å². The van der Waals surface area contributed by atoms with E-state index in [-0.39, 0.29) is 37.7 Å². The molecule has 5 rings (SSSR count). The number of hydrogen-bond donors (Lipinski definition) is 0. The lowest BCUT2D eigenvalue weighted by Gasteiger charge is -2.09. The van der Waals surface area contributed by atoms with Crippen LogP contribution in [0.5, 0.6) is 5.75 Å². The number of carbonyl (C=O) groups is 3. The van der Waals surface area contributed by atoms with Crippen LogP contribution in [-0.4, -0.2) is 28.9 Å². The highest BCUT2D eigenvalue weighted by atomic mass is 16.5. The molecule has 0 spiro atoms. The molecule has 0 bridgehead atoms. The summed E-state index contributed by atoms with van der Waals surface area (Å²) in [5.41, 5.74) is 4.15. The minimum Gasteiger partial charge on any atom is -0.486 e. The summed E-state index contributed by atoms with van der Waals surface area (Å²) < 4.78 is 18.7. The summed E-state index contributed by atoms with van der Waals surface area (Å²) in [6, 6.07) is 31.7. The van der Waals surface area contributed by atoms with Crippen molar-refractivity contribution in [1.82, 2.24) is 4.57 Å². The number of ether oxygens (including phenoxy) is 3. The summed E-state index contributed by atoms with van der Waals surface area (Å²) in [5.74, 6) is -0.600. The van der Waals surface area contributed by atoms with E-state index in [2.05, 4.69) is 19.1 Å². The van der Waals surface area contributed by atoms with Crippen molar-refractivity contribution in [1.29, 1.82) is 0 Å². The van der Waals surface area contributed by atoms with Gasteiger partial charge >= 0.3 is 11.9 Å². The number of aromatic nitrogens is 1. The number of rotatable bonds is 18. The highest BCUT2D eigenvalue weighted by Crippen LogP contribution is 2.25. The summed E-state index contributed by atoms with van der Waals surface area (Å²) in [7, 11) is 0. The lowest BCUT2D eigenvalue weighted by molar-refractivity contribution is -0.121. The molecule has 0 radical (unpaired) electrons.